The molecule has 3 N–H and O–H groups in total. The van der Waals surface area contributed by atoms with Gasteiger partial charge in [-0.05, 0) is 51.0 Å². The van der Waals surface area contributed by atoms with Crippen LogP contribution in [0.3, 0.4) is 0 Å². The molecule has 1 saturated heterocycles. The van der Waals surface area contributed by atoms with Crippen molar-refractivity contribution in [3.05, 3.63) is 29.0 Å². The summed E-state index contributed by atoms with van der Waals surface area (Å²) in [5.74, 6) is -0.601. The largest absolute Gasteiger partial charge is 0.360 e. The number of amides is 1. The van der Waals surface area contributed by atoms with Crippen LogP contribution in [0.15, 0.2) is 31.1 Å². The Hall–Kier alpha value is -1.84. The standard InChI is InChI=1S/C19H27N5O6S3/c1-12-17(13(2)30-22-12)33(28,29)24-10-9-23(32(26,27)16-4-3-11-31-16)19(24)18(25)21-15-7-5-14(20)6-8-15/h3-4,11,14-15,19H,5-10,20H2,1-2H3,(H,21,25). The van der Waals surface area contributed by atoms with E-state index in [1.807, 2.05) is 0 Å². The fourth-order valence-electron chi connectivity index (χ4n) is 4.38. The molecule has 2 fully saturated rings. The SMILES string of the molecule is Cc1noc(C)c1S(=O)(=O)N1CCN(S(=O)(=O)c2cccs2)C1C(=O)NC1CCC(N)CC1. The number of carbonyl (C=O) groups excluding carboxylic acids is 1. The summed E-state index contributed by atoms with van der Waals surface area (Å²) in [5.41, 5.74) is 6.09. The summed E-state index contributed by atoms with van der Waals surface area (Å²) >= 11 is 1.01. The van der Waals surface area contributed by atoms with Gasteiger partial charge < -0.3 is 15.6 Å². The highest BCUT2D eigenvalue weighted by atomic mass is 32.2. The van der Waals surface area contributed by atoms with Crippen LogP contribution in [0.1, 0.15) is 37.1 Å². The minimum absolute atomic E-state index is 0.0422. The highest BCUT2D eigenvalue weighted by molar-refractivity contribution is 7.91. The molecular formula is C19H27N5O6S3. The number of nitrogens with two attached hydrogens (primary N) is 1. The Balaban J connectivity index is 1.71. The van der Waals surface area contributed by atoms with E-state index in [1.54, 1.807) is 11.4 Å². The van der Waals surface area contributed by atoms with Gasteiger partial charge >= 0.3 is 0 Å². The third-order valence-electron chi connectivity index (χ3n) is 6.03. The van der Waals surface area contributed by atoms with Crippen molar-refractivity contribution in [1.29, 1.82) is 0 Å². The maximum absolute atomic E-state index is 13.6. The Labute approximate surface area is 197 Å². The van der Waals surface area contributed by atoms with Crippen molar-refractivity contribution in [3.8, 4) is 0 Å². The normalized spacial score (nSPS) is 25.4. The molecule has 1 amide bonds. The summed E-state index contributed by atoms with van der Waals surface area (Å²) in [5, 5.41) is 8.19. The lowest BCUT2D eigenvalue weighted by Gasteiger charge is -2.32. The minimum Gasteiger partial charge on any atom is -0.360 e. The van der Waals surface area contributed by atoms with Crippen molar-refractivity contribution in [2.45, 2.75) is 66.9 Å². The van der Waals surface area contributed by atoms with Crippen molar-refractivity contribution >= 4 is 37.3 Å². The molecule has 182 valence electrons. The average molecular weight is 518 g/mol. The Bertz CT molecular complexity index is 1200. The molecule has 14 heteroatoms. The van der Waals surface area contributed by atoms with Gasteiger partial charge in [0.1, 0.15) is 14.8 Å². The molecule has 1 atom stereocenters. The molecule has 0 spiro atoms. The summed E-state index contributed by atoms with van der Waals surface area (Å²) in [6.07, 6.45) is 1.19. The summed E-state index contributed by atoms with van der Waals surface area (Å²) in [6, 6.07) is 2.89. The molecule has 0 radical (unpaired) electrons. The van der Waals surface area contributed by atoms with Gasteiger partial charge in [0.05, 0.1) is 0 Å². The van der Waals surface area contributed by atoms with Crippen molar-refractivity contribution in [3.63, 3.8) is 0 Å². The van der Waals surface area contributed by atoms with Crippen molar-refractivity contribution in [2.24, 2.45) is 5.73 Å². The molecule has 2 aromatic rings. The van der Waals surface area contributed by atoms with Crippen LogP contribution >= 0.6 is 11.3 Å². The van der Waals surface area contributed by atoms with E-state index in [1.165, 1.54) is 19.9 Å². The van der Waals surface area contributed by atoms with Gasteiger partial charge in [-0.15, -0.1) is 11.3 Å². The topological polar surface area (TPSA) is 156 Å². The van der Waals surface area contributed by atoms with E-state index in [9.17, 15) is 21.6 Å². The van der Waals surface area contributed by atoms with Gasteiger partial charge in [-0.1, -0.05) is 11.2 Å². The average Bonchev–Trinajstić information content (AvgIpc) is 3.49. The van der Waals surface area contributed by atoms with E-state index >= 15 is 0 Å². The molecule has 1 aliphatic heterocycles. The first-order valence-electron chi connectivity index (χ1n) is 10.6. The Morgan fingerprint density at radius 2 is 1.76 bits per heavy atom. The molecule has 33 heavy (non-hydrogen) atoms. The van der Waals surface area contributed by atoms with Crippen LogP contribution in [-0.4, -0.2) is 67.8 Å². The van der Waals surface area contributed by atoms with Gasteiger partial charge in [0.25, 0.3) is 15.9 Å². The predicted molar refractivity (Wildman–Crippen MR) is 120 cm³/mol. The zero-order chi connectivity index (χ0) is 24.0. The Kier molecular flexibility index (Phi) is 6.68. The van der Waals surface area contributed by atoms with Gasteiger partial charge in [-0.3, -0.25) is 4.79 Å². The van der Waals surface area contributed by atoms with Crippen LogP contribution in [0.2, 0.25) is 0 Å². The van der Waals surface area contributed by atoms with Crippen molar-refractivity contribution in [2.75, 3.05) is 13.1 Å². The van der Waals surface area contributed by atoms with Crippen LogP contribution < -0.4 is 11.1 Å². The molecule has 0 bridgehead atoms. The molecule has 1 unspecified atom stereocenters. The van der Waals surface area contributed by atoms with Crippen LogP contribution in [0.4, 0.5) is 0 Å². The van der Waals surface area contributed by atoms with E-state index in [0.29, 0.717) is 12.8 Å². The molecule has 2 aliphatic rings. The molecule has 4 rings (SSSR count). The van der Waals surface area contributed by atoms with E-state index < -0.39 is 32.1 Å². The van der Waals surface area contributed by atoms with Crippen LogP contribution in [0, 0.1) is 13.8 Å². The first-order chi connectivity index (χ1) is 15.5. The lowest BCUT2D eigenvalue weighted by molar-refractivity contribution is -0.127. The molecule has 1 saturated carbocycles. The molecule has 11 nitrogen and oxygen atoms in total. The third kappa shape index (κ3) is 4.47. The minimum atomic E-state index is -4.27. The van der Waals surface area contributed by atoms with Crippen molar-refractivity contribution < 1.29 is 26.2 Å². The van der Waals surface area contributed by atoms with E-state index in [4.69, 9.17) is 10.3 Å². The monoisotopic (exact) mass is 517 g/mol. The number of hydrogen-bond acceptors (Lipinski definition) is 9. The summed E-state index contributed by atoms with van der Waals surface area (Å²) in [6.45, 7) is 2.62. The van der Waals surface area contributed by atoms with Gasteiger partial charge in [0.2, 0.25) is 10.0 Å². The van der Waals surface area contributed by atoms with Crippen molar-refractivity contribution in [1.82, 2.24) is 19.1 Å². The zero-order valence-electron chi connectivity index (χ0n) is 18.3. The van der Waals surface area contributed by atoms with E-state index in [0.717, 1.165) is 32.8 Å². The Morgan fingerprint density at radius 3 is 2.30 bits per heavy atom. The maximum atomic E-state index is 13.6. The smallest absolute Gasteiger partial charge is 0.254 e. The molecule has 1 aliphatic carbocycles. The first kappa shape index (κ1) is 24.3. The van der Waals surface area contributed by atoms with Gasteiger partial charge in [0, 0.05) is 25.2 Å². The first-order valence-corrected chi connectivity index (χ1v) is 14.4. The fourth-order valence-corrected chi connectivity index (χ4v) is 8.94. The predicted octanol–water partition coefficient (Wildman–Crippen LogP) is 0.760. The molecule has 3 heterocycles. The van der Waals surface area contributed by atoms with E-state index in [2.05, 4.69) is 10.5 Å². The van der Waals surface area contributed by atoms with Gasteiger partial charge in [-0.25, -0.2) is 16.8 Å². The number of carbonyl (C=O) groups is 1. The zero-order valence-corrected chi connectivity index (χ0v) is 20.7. The number of thiophene rings is 1. The number of nitrogens with one attached hydrogen (secondary N) is 1. The lowest BCUT2D eigenvalue weighted by atomic mass is 9.92. The number of sulfonamides is 2. The number of nitrogens with zero attached hydrogens (tertiary/aromatic N) is 3. The second-order valence-electron chi connectivity index (χ2n) is 8.31. The lowest BCUT2D eigenvalue weighted by Crippen LogP contribution is -2.56. The van der Waals surface area contributed by atoms with Gasteiger partial charge in [-0.2, -0.15) is 8.61 Å². The second kappa shape index (κ2) is 9.07. The fraction of sp³-hybridized carbons (Fsp3) is 0.579. The highest BCUT2D eigenvalue weighted by Gasteiger charge is 2.51. The molecule has 2 aromatic heterocycles. The molecular weight excluding hydrogens is 490 g/mol. The van der Waals surface area contributed by atoms with Crippen LogP contribution in [0.5, 0.6) is 0 Å². The quantitative estimate of drug-likeness (QED) is 0.569. The highest BCUT2D eigenvalue weighted by Crippen LogP contribution is 2.33. The number of rotatable bonds is 6. The van der Waals surface area contributed by atoms with E-state index in [-0.39, 0.29) is 45.7 Å². The number of aryl methyl sites for hydroxylation is 2. The molecule has 0 aromatic carbocycles. The summed E-state index contributed by atoms with van der Waals surface area (Å²) in [7, 11) is -8.36. The second-order valence-corrected chi connectivity index (χ2v) is 13.2. The third-order valence-corrected chi connectivity index (χ3v) is 11.4. The van der Waals surface area contributed by atoms with Crippen LogP contribution in [0.25, 0.3) is 0 Å². The maximum Gasteiger partial charge on any atom is 0.254 e. The van der Waals surface area contributed by atoms with Crippen LogP contribution in [-0.2, 0) is 24.8 Å². The number of hydrogen-bond donors (Lipinski definition) is 2. The van der Waals surface area contributed by atoms with Gasteiger partial charge in [0.15, 0.2) is 11.9 Å². The summed E-state index contributed by atoms with van der Waals surface area (Å²) < 4.78 is 60.7. The number of aromatic nitrogens is 1. The summed E-state index contributed by atoms with van der Waals surface area (Å²) in [4.78, 5) is 13.3. The Morgan fingerprint density at radius 1 is 1.12 bits per heavy atom.